The maximum absolute atomic E-state index is 9.98. The number of rotatable bonds is 1. The molecule has 0 saturated heterocycles. The van der Waals surface area contributed by atoms with Gasteiger partial charge in [0.05, 0.1) is 0 Å². The van der Waals surface area contributed by atoms with E-state index in [0.29, 0.717) is 0 Å². The van der Waals surface area contributed by atoms with Crippen LogP contribution in [0.1, 0.15) is 0 Å². The lowest BCUT2D eigenvalue weighted by Gasteiger charge is -1.96. The highest BCUT2D eigenvalue weighted by Gasteiger charge is 1.99. The number of nitrogens with zero attached hydrogens (tertiary/aromatic N) is 1. The predicted octanol–water partition coefficient (Wildman–Crippen LogP) is 1.90. The van der Waals surface area contributed by atoms with Crippen LogP contribution in [-0.2, 0) is 0 Å². The summed E-state index contributed by atoms with van der Waals surface area (Å²) in [6, 6.07) is 3.10. The molecule has 0 spiro atoms. The number of ether oxygens (including phenoxy) is 1. The zero-order chi connectivity index (χ0) is 8.27. The van der Waals surface area contributed by atoms with Gasteiger partial charge in [-0.1, -0.05) is 0 Å². The fourth-order valence-electron chi connectivity index (χ4n) is 0.512. The van der Waals surface area contributed by atoms with Crippen LogP contribution in [0.5, 0.6) is 5.88 Å². The first-order valence-electron chi connectivity index (χ1n) is 2.71. The Bertz CT molecular complexity index is 259. The van der Waals surface area contributed by atoms with Crippen LogP contribution < -0.4 is 4.74 Å². The Kier molecular flexibility index (Phi) is 2.43. The molecule has 4 nitrogen and oxygen atoms in total. The summed E-state index contributed by atoms with van der Waals surface area (Å²) in [4.78, 5) is 13.6. The summed E-state index contributed by atoms with van der Waals surface area (Å²) in [5.74, 6) is 0.0701. The number of hydrogen-bond acceptors (Lipinski definition) is 3. The molecule has 1 aromatic heterocycles. The quantitative estimate of drug-likeness (QED) is 0.731. The second-order valence-corrected chi connectivity index (χ2v) is 2.60. The Labute approximate surface area is 71.0 Å². The average Bonchev–Trinajstić information content (AvgIpc) is 1.93. The summed E-state index contributed by atoms with van der Waals surface area (Å²) >= 11 is 3.15. The lowest BCUT2D eigenvalue weighted by molar-refractivity contribution is 0.142. The lowest BCUT2D eigenvalue weighted by atomic mass is 10.5. The fraction of sp³-hybridized carbons (Fsp3) is 0. The van der Waals surface area contributed by atoms with Crippen molar-refractivity contribution < 1.29 is 14.6 Å². The van der Waals surface area contributed by atoms with Gasteiger partial charge in [0.15, 0.2) is 0 Å². The SMILES string of the molecule is O=C(O)Oc1ccc(Br)cn1. The molecule has 0 saturated carbocycles. The van der Waals surface area contributed by atoms with E-state index in [1.54, 1.807) is 6.07 Å². The minimum Gasteiger partial charge on any atom is -0.449 e. The van der Waals surface area contributed by atoms with Gasteiger partial charge in [-0.15, -0.1) is 0 Å². The van der Waals surface area contributed by atoms with Crippen LogP contribution in [0.3, 0.4) is 0 Å². The minimum absolute atomic E-state index is 0.0701. The molecule has 0 aliphatic rings. The predicted molar refractivity (Wildman–Crippen MR) is 40.6 cm³/mol. The van der Waals surface area contributed by atoms with E-state index in [2.05, 4.69) is 25.7 Å². The van der Waals surface area contributed by atoms with Gasteiger partial charge in [-0.25, -0.2) is 9.78 Å². The number of halogens is 1. The van der Waals surface area contributed by atoms with Crippen LogP contribution in [0.15, 0.2) is 22.8 Å². The molecule has 1 aromatic rings. The van der Waals surface area contributed by atoms with E-state index >= 15 is 0 Å². The van der Waals surface area contributed by atoms with Crippen molar-refractivity contribution in [1.82, 2.24) is 4.98 Å². The van der Waals surface area contributed by atoms with Crippen molar-refractivity contribution in [2.75, 3.05) is 0 Å². The molecular weight excluding hydrogens is 214 g/mol. The van der Waals surface area contributed by atoms with Gasteiger partial charge < -0.3 is 9.84 Å². The van der Waals surface area contributed by atoms with E-state index in [4.69, 9.17) is 5.11 Å². The third-order valence-electron chi connectivity index (χ3n) is 0.892. The molecule has 0 amide bonds. The molecule has 1 N–H and O–H groups in total. The van der Waals surface area contributed by atoms with Crippen molar-refractivity contribution in [2.45, 2.75) is 0 Å². The Morgan fingerprint density at radius 3 is 2.82 bits per heavy atom. The maximum atomic E-state index is 9.98. The van der Waals surface area contributed by atoms with Gasteiger partial charge in [0.2, 0.25) is 5.88 Å². The Morgan fingerprint density at radius 2 is 2.36 bits per heavy atom. The molecule has 0 aliphatic heterocycles. The number of carboxylic acid groups (broad SMARTS) is 1. The average molecular weight is 218 g/mol. The van der Waals surface area contributed by atoms with Crippen LogP contribution >= 0.6 is 15.9 Å². The summed E-state index contributed by atoms with van der Waals surface area (Å²) in [5.41, 5.74) is 0. The molecular formula is C6H4BrNO3. The van der Waals surface area contributed by atoms with Crippen molar-refractivity contribution >= 4 is 22.1 Å². The Morgan fingerprint density at radius 1 is 1.64 bits per heavy atom. The molecule has 11 heavy (non-hydrogen) atoms. The zero-order valence-corrected chi connectivity index (χ0v) is 6.91. The van der Waals surface area contributed by atoms with Crippen LogP contribution in [-0.4, -0.2) is 16.2 Å². The van der Waals surface area contributed by atoms with Crippen molar-refractivity contribution in [3.05, 3.63) is 22.8 Å². The largest absolute Gasteiger partial charge is 0.512 e. The van der Waals surface area contributed by atoms with Gasteiger partial charge in [0, 0.05) is 16.7 Å². The highest BCUT2D eigenvalue weighted by molar-refractivity contribution is 9.10. The van der Waals surface area contributed by atoms with Gasteiger partial charge in [-0.05, 0) is 22.0 Å². The molecule has 0 radical (unpaired) electrons. The van der Waals surface area contributed by atoms with Crippen LogP contribution in [0.4, 0.5) is 4.79 Å². The van der Waals surface area contributed by atoms with Crippen LogP contribution in [0.2, 0.25) is 0 Å². The van der Waals surface area contributed by atoms with Gasteiger partial charge in [-0.3, -0.25) is 0 Å². The van der Waals surface area contributed by atoms with Crippen LogP contribution in [0, 0.1) is 0 Å². The third-order valence-corrected chi connectivity index (χ3v) is 1.36. The van der Waals surface area contributed by atoms with E-state index in [1.807, 2.05) is 0 Å². The van der Waals surface area contributed by atoms with Crippen molar-refractivity contribution in [3.8, 4) is 5.88 Å². The zero-order valence-electron chi connectivity index (χ0n) is 5.32. The number of aromatic nitrogens is 1. The van der Waals surface area contributed by atoms with Crippen molar-refractivity contribution in [2.24, 2.45) is 0 Å². The highest BCUT2D eigenvalue weighted by Crippen LogP contribution is 2.11. The van der Waals surface area contributed by atoms with E-state index in [0.717, 1.165) is 4.47 Å². The molecule has 0 aromatic carbocycles. The summed E-state index contributed by atoms with van der Waals surface area (Å²) in [7, 11) is 0. The summed E-state index contributed by atoms with van der Waals surface area (Å²) in [6.07, 6.45) is 0.0953. The molecule has 0 aliphatic carbocycles. The van der Waals surface area contributed by atoms with E-state index in [1.165, 1.54) is 12.3 Å². The van der Waals surface area contributed by atoms with Crippen LogP contribution in [0.25, 0.3) is 0 Å². The third kappa shape index (κ3) is 2.55. The van der Waals surface area contributed by atoms with Crippen molar-refractivity contribution in [1.29, 1.82) is 0 Å². The summed E-state index contributed by atoms with van der Waals surface area (Å²) in [5, 5.41) is 8.16. The van der Waals surface area contributed by atoms with Gasteiger partial charge >= 0.3 is 6.16 Å². The first-order chi connectivity index (χ1) is 5.18. The molecule has 1 rings (SSSR count). The minimum atomic E-state index is -1.36. The fourth-order valence-corrected chi connectivity index (χ4v) is 0.747. The first-order valence-corrected chi connectivity index (χ1v) is 3.50. The summed E-state index contributed by atoms with van der Waals surface area (Å²) in [6.45, 7) is 0. The van der Waals surface area contributed by atoms with Crippen molar-refractivity contribution in [3.63, 3.8) is 0 Å². The highest BCUT2D eigenvalue weighted by atomic mass is 79.9. The second kappa shape index (κ2) is 3.34. The monoisotopic (exact) mass is 217 g/mol. The summed E-state index contributed by atoms with van der Waals surface area (Å²) < 4.78 is 5.03. The molecule has 0 unspecified atom stereocenters. The smallest absolute Gasteiger partial charge is 0.449 e. The Balaban J connectivity index is 2.74. The van der Waals surface area contributed by atoms with E-state index in [9.17, 15) is 4.79 Å². The molecule has 1 heterocycles. The standard InChI is InChI=1S/C6H4BrNO3/c7-4-1-2-5(8-3-4)11-6(9)10/h1-3H,(H,9,10). The topological polar surface area (TPSA) is 59.4 Å². The maximum Gasteiger partial charge on any atom is 0.512 e. The molecule has 0 bridgehead atoms. The normalized spacial score (nSPS) is 9.18. The molecule has 5 heteroatoms. The van der Waals surface area contributed by atoms with Gasteiger partial charge in [0.1, 0.15) is 0 Å². The van der Waals surface area contributed by atoms with Gasteiger partial charge in [0.25, 0.3) is 0 Å². The molecule has 58 valence electrons. The number of pyridine rings is 1. The van der Waals surface area contributed by atoms with E-state index < -0.39 is 6.16 Å². The Hall–Kier alpha value is -1.10. The molecule has 0 fully saturated rings. The number of carbonyl (C=O) groups is 1. The second-order valence-electron chi connectivity index (χ2n) is 1.68. The van der Waals surface area contributed by atoms with Gasteiger partial charge in [-0.2, -0.15) is 0 Å². The first kappa shape index (κ1) is 8.00. The lowest BCUT2D eigenvalue weighted by Crippen LogP contribution is -2.03. The van der Waals surface area contributed by atoms with E-state index in [-0.39, 0.29) is 5.88 Å². The number of hydrogen-bond donors (Lipinski definition) is 1. The molecule has 0 atom stereocenters.